The molecule has 1 spiro atoms. The van der Waals surface area contributed by atoms with Crippen molar-refractivity contribution in [1.82, 2.24) is 9.47 Å². The van der Waals surface area contributed by atoms with E-state index < -0.39 is 5.76 Å². The third-order valence-electron chi connectivity index (χ3n) is 5.93. The van der Waals surface area contributed by atoms with E-state index in [0.29, 0.717) is 23.3 Å². The molecule has 4 rings (SSSR count). The highest BCUT2D eigenvalue weighted by molar-refractivity contribution is 5.94. The van der Waals surface area contributed by atoms with Crippen LogP contribution in [0.15, 0.2) is 27.4 Å². The first-order valence-electron chi connectivity index (χ1n) is 9.51. The minimum atomic E-state index is -0.408. The molecule has 0 radical (unpaired) electrons. The molecule has 2 aliphatic rings. The summed E-state index contributed by atoms with van der Waals surface area (Å²) >= 11 is 0. The number of carbonyl (C=O) groups is 1. The van der Waals surface area contributed by atoms with Crippen molar-refractivity contribution in [2.75, 3.05) is 31.6 Å². The summed E-state index contributed by atoms with van der Waals surface area (Å²) in [5.41, 5.74) is 2.09. The Labute approximate surface area is 158 Å². The quantitative estimate of drug-likeness (QED) is 0.894. The molecule has 1 N–H and O–H groups in total. The minimum Gasteiger partial charge on any atom is -0.408 e. The van der Waals surface area contributed by atoms with Crippen LogP contribution >= 0.6 is 0 Å². The first-order chi connectivity index (χ1) is 12.8. The summed E-state index contributed by atoms with van der Waals surface area (Å²) in [5.74, 6) is -0.457. The maximum atomic E-state index is 12.4. The molecule has 0 bridgehead atoms. The van der Waals surface area contributed by atoms with Crippen LogP contribution in [0.5, 0.6) is 0 Å². The summed E-state index contributed by atoms with van der Waals surface area (Å²) in [6, 6.07) is 5.26. The molecule has 2 saturated heterocycles. The van der Waals surface area contributed by atoms with Gasteiger partial charge in [-0.3, -0.25) is 14.3 Å². The number of hydrogen-bond acceptors (Lipinski definition) is 5. The largest absolute Gasteiger partial charge is 0.419 e. The number of aryl methyl sites for hydroxylation is 1. The second-order valence-electron chi connectivity index (χ2n) is 8.66. The van der Waals surface area contributed by atoms with Gasteiger partial charge in [0.25, 0.3) is 0 Å². The SMILES string of the molecule is Cn1c(=O)oc2cc(NC(=O)CN3CCC4(CC3)COC(C)(C)C4)ccc21. The molecule has 0 saturated carbocycles. The third-order valence-corrected chi connectivity index (χ3v) is 5.93. The second kappa shape index (κ2) is 6.49. The molecule has 1 aromatic heterocycles. The van der Waals surface area contributed by atoms with Crippen molar-refractivity contribution in [2.24, 2.45) is 12.5 Å². The fourth-order valence-corrected chi connectivity index (χ4v) is 4.48. The highest BCUT2D eigenvalue weighted by Gasteiger charge is 2.45. The Bertz CT molecular complexity index is 919. The zero-order valence-electron chi connectivity index (χ0n) is 16.2. The van der Waals surface area contributed by atoms with E-state index in [1.807, 2.05) is 0 Å². The number of anilines is 1. The van der Waals surface area contributed by atoms with Gasteiger partial charge in [-0.1, -0.05) is 0 Å². The first kappa shape index (κ1) is 18.3. The van der Waals surface area contributed by atoms with E-state index >= 15 is 0 Å². The Morgan fingerprint density at radius 1 is 1.26 bits per heavy atom. The molecule has 1 aromatic carbocycles. The van der Waals surface area contributed by atoms with Crippen molar-refractivity contribution in [3.8, 4) is 0 Å². The molecule has 2 fully saturated rings. The van der Waals surface area contributed by atoms with Crippen molar-refractivity contribution in [3.05, 3.63) is 28.7 Å². The molecule has 1 amide bonds. The number of fused-ring (bicyclic) bond motifs is 1. The van der Waals surface area contributed by atoms with E-state index in [1.54, 1.807) is 25.2 Å². The number of benzene rings is 1. The van der Waals surface area contributed by atoms with Gasteiger partial charge in [0, 0.05) is 18.8 Å². The van der Waals surface area contributed by atoms with Crippen molar-refractivity contribution >= 4 is 22.7 Å². The van der Waals surface area contributed by atoms with Crippen LogP contribution in [0.1, 0.15) is 33.1 Å². The number of piperidine rings is 1. The van der Waals surface area contributed by atoms with Crippen LogP contribution in [-0.4, -0.2) is 47.2 Å². The van der Waals surface area contributed by atoms with Crippen LogP contribution in [0.3, 0.4) is 0 Å². The predicted octanol–water partition coefficient (Wildman–Crippen LogP) is 2.35. The van der Waals surface area contributed by atoms with E-state index in [0.717, 1.165) is 39.0 Å². The normalized spacial score (nSPS) is 21.7. The summed E-state index contributed by atoms with van der Waals surface area (Å²) in [5, 5.41) is 2.91. The van der Waals surface area contributed by atoms with Gasteiger partial charge < -0.3 is 14.5 Å². The van der Waals surface area contributed by atoms with Gasteiger partial charge in [-0.15, -0.1) is 0 Å². The number of nitrogens with one attached hydrogen (secondary N) is 1. The second-order valence-corrected chi connectivity index (χ2v) is 8.66. The van der Waals surface area contributed by atoms with Crippen LogP contribution in [-0.2, 0) is 16.6 Å². The number of amides is 1. The monoisotopic (exact) mass is 373 g/mol. The average Bonchev–Trinajstić information content (AvgIpc) is 3.06. The molecule has 0 atom stereocenters. The smallest absolute Gasteiger partial charge is 0.408 e. The maximum absolute atomic E-state index is 12.4. The Hall–Kier alpha value is -2.12. The topological polar surface area (TPSA) is 76.7 Å². The Morgan fingerprint density at radius 2 is 2.00 bits per heavy atom. The molecule has 2 aromatic rings. The van der Waals surface area contributed by atoms with Crippen molar-refractivity contribution in [1.29, 1.82) is 0 Å². The number of aromatic nitrogens is 1. The summed E-state index contributed by atoms with van der Waals surface area (Å²) in [7, 11) is 1.66. The highest BCUT2D eigenvalue weighted by Crippen LogP contribution is 2.46. The summed E-state index contributed by atoms with van der Waals surface area (Å²) in [4.78, 5) is 26.2. The van der Waals surface area contributed by atoms with E-state index in [4.69, 9.17) is 9.15 Å². The van der Waals surface area contributed by atoms with Gasteiger partial charge in [0.05, 0.1) is 24.3 Å². The molecule has 0 unspecified atom stereocenters. The number of nitrogens with zero attached hydrogens (tertiary/aromatic N) is 2. The third kappa shape index (κ3) is 3.66. The molecule has 0 aliphatic carbocycles. The summed E-state index contributed by atoms with van der Waals surface area (Å²) < 4.78 is 12.6. The lowest BCUT2D eigenvalue weighted by atomic mass is 9.74. The summed E-state index contributed by atoms with van der Waals surface area (Å²) in [6.07, 6.45) is 3.25. The van der Waals surface area contributed by atoms with Gasteiger partial charge in [-0.2, -0.15) is 0 Å². The Morgan fingerprint density at radius 3 is 2.67 bits per heavy atom. The van der Waals surface area contributed by atoms with Crippen molar-refractivity contribution in [2.45, 2.75) is 38.7 Å². The van der Waals surface area contributed by atoms with Gasteiger partial charge in [0.2, 0.25) is 5.91 Å². The van der Waals surface area contributed by atoms with E-state index in [-0.39, 0.29) is 16.9 Å². The van der Waals surface area contributed by atoms with Crippen LogP contribution < -0.4 is 11.1 Å². The average molecular weight is 373 g/mol. The number of carbonyl (C=O) groups excluding carboxylic acids is 1. The first-order valence-corrected chi connectivity index (χ1v) is 9.51. The number of likely N-dealkylation sites (tertiary alicyclic amines) is 1. The lowest BCUT2D eigenvalue weighted by Crippen LogP contribution is -2.44. The zero-order valence-corrected chi connectivity index (χ0v) is 16.2. The maximum Gasteiger partial charge on any atom is 0.419 e. The lowest BCUT2D eigenvalue weighted by Gasteiger charge is -2.38. The van der Waals surface area contributed by atoms with Crippen LogP contribution in [0.25, 0.3) is 11.1 Å². The number of hydrogen-bond donors (Lipinski definition) is 1. The molecular formula is C20H27N3O4. The summed E-state index contributed by atoms with van der Waals surface area (Å²) in [6.45, 7) is 7.36. The Balaban J connectivity index is 1.33. The molecule has 27 heavy (non-hydrogen) atoms. The van der Waals surface area contributed by atoms with Gasteiger partial charge in [-0.25, -0.2) is 4.79 Å². The Kier molecular flexibility index (Phi) is 4.39. The standard InChI is InChI=1S/C20H27N3O4/c1-19(2)12-20(13-26-19)6-8-23(9-7-20)11-17(24)21-14-4-5-15-16(10-14)27-18(25)22(15)3/h4-5,10H,6-9,11-13H2,1-3H3,(H,21,24). The van der Waals surface area contributed by atoms with Crippen LogP contribution in [0.2, 0.25) is 0 Å². The highest BCUT2D eigenvalue weighted by atomic mass is 16.5. The fraction of sp³-hybridized carbons (Fsp3) is 0.600. The number of oxazole rings is 1. The molecule has 3 heterocycles. The van der Waals surface area contributed by atoms with Crippen LogP contribution in [0.4, 0.5) is 5.69 Å². The lowest BCUT2D eigenvalue weighted by molar-refractivity contribution is -0.117. The molecule has 2 aliphatic heterocycles. The number of rotatable bonds is 3. The van der Waals surface area contributed by atoms with Crippen molar-refractivity contribution in [3.63, 3.8) is 0 Å². The molecule has 146 valence electrons. The van der Waals surface area contributed by atoms with Gasteiger partial charge in [-0.05, 0) is 63.7 Å². The van der Waals surface area contributed by atoms with Gasteiger partial charge in [0.1, 0.15) is 0 Å². The molecule has 7 nitrogen and oxygen atoms in total. The predicted molar refractivity (Wildman–Crippen MR) is 103 cm³/mol. The van der Waals surface area contributed by atoms with E-state index in [1.165, 1.54) is 4.57 Å². The van der Waals surface area contributed by atoms with Gasteiger partial charge >= 0.3 is 5.76 Å². The van der Waals surface area contributed by atoms with Crippen molar-refractivity contribution < 1.29 is 13.9 Å². The molecule has 7 heteroatoms. The fourth-order valence-electron chi connectivity index (χ4n) is 4.48. The van der Waals surface area contributed by atoms with E-state index in [9.17, 15) is 9.59 Å². The van der Waals surface area contributed by atoms with Gasteiger partial charge in [0.15, 0.2) is 5.58 Å². The van der Waals surface area contributed by atoms with Crippen LogP contribution in [0, 0.1) is 5.41 Å². The number of ether oxygens (including phenoxy) is 1. The molecular weight excluding hydrogens is 346 g/mol. The zero-order chi connectivity index (χ0) is 19.2. The minimum absolute atomic E-state index is 0.0232. The van der Waals surface area contributed by atoms with E-state index in [2.05, 4.69) is 24.1 Å².